The SMILES string of the molecule is Cc1cscc1-c1nnc(S(=O)(=O)Cl)n1C(C)(C)C. The van der Waals surface area contributed by atoms with E-state index < -0.39 is 14.6 Å². The molecule has 0 aliphatic rings. The number of hydrogen-bond donors (Lipinski definition) is 0. The van der Waals surface area contributed by atoms with E-state index >= 15 is 0 Å². The molecule has 8 heteroatoms. The standard InChI is InChI=1S/C11H14ClN3O2S2/c1-7-5-18-6-8(7)9-13-14-10(19(12,16)17)15(9)11(2,3)4/h5-6H,1-4H3. The Balaban J connectivity index is 2.79. The van der Waals surface area contributed by atoms with Gasteiger partial charge in [-0.05, 0) is 38.6 Å². The Morgan fingerprint density at radius 2 is 1.89 bits per heavy atom. The molecule has 0 saturated carbocycles. The zero-order valence-electron chi connectivity index (χ0n) is 11.0. The molecule has 2 aromatic heterocycles. The number of aromatic nitrogens is 3. The third-order valence-corrected chi connectivity index (χ3v) is 4.59. The van der Waals surface area contributed by atoms with Crippen molar-refractivity contribution in [2.24, 2.45) is 0 Å². The van der Waals surface area contributed by atoms with Crippen LogP contribution in [0.25, 0.3) is 11.4 Å². The third-order valence-electron chi connectivity index (χ3n) is 2.62. The average Bonchev–Trinajstić information content (AvgIpc) is 2.79. The minimum Gasteiger partial charge on any atom is -0.291 e. The van der Waals surface area contributed by atoms with Crippen LogP contribution < -0.4 is 0 Å². The minimum atomic E-state index is -3.93. The second-order valence-electron chi connectivity index (χ2n) is 5.22. The Bertz CT molecular complexity index is 711. The highest BCUT2D eigenvalue weighted by Crippen LogP contribution is 2.32. The van der Waals surface area contributed by atoms with Gasteiger partial charge in [0.15, 0.2) is 5.82 Å². The maximum absolute atomic E-state index is 11.6. The van der Waals surface area contributed by atoms with Gasteiger partial charge in [-0.1, -0.05) is 0 Å². The summed E-state index contributed by atoms with van der Waals surface area (Å²) in [6.07, 6.45) is 0. The molecular weight excluding hydrogens is 306 g/mol. The Hall–Kier alpha value is -0.920. The third kappa shape index (κ3) is 2.68. The fraction of sp³-hybridized carbons (Fsp3) is 0.455. The lowest BCUT2D eigenvalue weighted by Crippen LogP contribution is -2.25. The van der Waals surface area contributed by atoms with Crippen molar-refractivity contribution in [1.82, 2.24) is 14.8 Å². The van der Waals surface area contributed by atoms with Gasteiger partial charge >= 0.3 is 0 Å². The van der Waals surface area contributed by atoms with Crippen molar-refractivity contribution in [3.63, 3.8) is 0 Å². The van der Waals surface area contributed by atoms with E-state index in [9.17, 15) is 8.42 Å². The summed E-state index contributed by atoms with van der Waals surface area (Å²) in [5.74, 6) is 0.519. The van der Waals surface area contributed by atoms with Crippen molar-refractivity contribution in [2.45, 2.75) is 38.4 Å². The molecule has 0 unspecified atom stereocenters. The van der Waals surface area contributed by atoms with Crippen LogP contribution >= 0.6 is 22.0 Å². The summed E-state index contributed by atoms with van der Waals surface area (Å²) in [5.41, 5.74) is 1.41. The van der Waals surface area contributed by atoms with Crippen molar-refractivity contribution in [3.8, 4) is 11.4 Å². The summed E-state index contributed by atoms with van der Waals surface area (Å²) in [7, 11) is 1.50. The molecule has 0 saturated heterocycles. The van der Waals surface area contributed by atoms with E-state index in [4.69, 9.17) is 10.7 Å². The predicted molar refractivity (Wildman–Crippen MR) is 76.1 cm³/mol. The van der Waals surface area contributed by atoms with Crippen LogP contribution in [0.1, 0.15) is 26.3 Å². The van der Waals surface area contributed by atoms with E-state index in [0.717, 1.165) is 11.1 Å². The Morgan fingerprint density at radius 3 is 2.32 bits per heavy atom. The van der Waals surface area contributed by atoms with Crippen molar-refractivity contribution in [3.05, 3.63) is 16.3 Å². The van der Waals surface area contributed by atoms with Crippen molar-refractivity contribution in [1.29, 1.82) is 0 Å². The molecule has 0 spiro atoms. The van der Waals surface area contributed by atoms with E-state index in [-0.39, 0.29) is 5.16 Å². The van der Waals surface area contributed by atoms with E-state index in [1.54, 1.807) is 4.57 Å². The van der Waals surface area contributed by atoms with Gasteiger partial charge in [0.05, 0.1) is 0 Å². The van der Waals surface area contributed by atoms with Crippen LogP contribution in [0.2, 0.25) is 0 Å². The van der Waals surface area contributed by atoms with Gasteiger partial charge in [0, 0.05) is 27.2 Å². The fourth-order valence-electron chi connectivity index (χ4n) is 1.80. The molecule has 0 fully saturated rings. The van der Waals surface area contributed by atoms with Gasteiger partial charge in [-0.3, -0.25) is 4.57 Å². The lowest BCUT2D eigenvalue weighted by Gasteiger charge is -2.24. The van der Waals surface area contributed by atoms with Gasteiger partial charge < -0.3 is 0 Å². The van der Waals surface area contributed by atoms with Crippen LogP contribution in [0.3, 0.4) is 0 Å². The van der Waals surface area contributed by atoms with E-state index in [0.29, 0.717) is 5.82 Å². The first-order valence-corrected chi connectivity index (χ1v) is 8.81. The highest BCUT2D eigenvalue weighted by Gasteiger charge is 2.30. The molecule has 104 valence electrons. The van der Waals surface area contributed by atoms with Gasteiger partial charge in [-0.2, -0.15) is 11.3 Å². The summed E-state index contributed by atoms with van der Waals surface area (Å²) in [5, 5.41) is 11.4. The molecule has 2 rings (SSSR count). The first-order chi connectivity index (χ1) is 8.62. The van der Waals surface area contributed by atoms with Gasteiger partial charge in [0.2, 0.25) is 0 Å². The quantitative estimate of drug-likeness (QED) is 0.798. The largest absolute Gasteiger partial charge is 0.296 e. The van der Waals surface area contributed by atoms with Crippen LogP contribution in [0.15, 0.2) is 15.9 Å². The maximum atomic E-state index is 11.6. The monoisotopic (exact) mass is 319 g/mol. The number of rotatable bonds is 2. The summed E-state index contributed by atoms with van der Waals surface area (Å²) in [6.45, 7) is 7.59. The zero-order chi connectivity index (χ0) is 14.4. The molecule has 19 heavy (non-hydrogen) atoms. The molecule has 5 nitrogen and oxygen atoms in total. The lowest BCUT2D eigenvalue weighted by atomic mass is 10.1. The Labute approximate surface area is 120 Å². The zero-order valence-corrected chi connectivity index (χ0v) is 13.4. The van der Waals surface area contributed by atoms with Crippen LogP contribution in [-0.2, 0) is 14.6 Å². The first-order valence-electron chi connectivity index (χ1n) is 5.56. The van der Waals surface area contributed by atoms with Crippen LogP contribution in [-0.4, -0.2) is 23.2 Å². The fourth-order valence-corrected chi connectivity index (χ4v) is 3.64. The average molecular weight is 320 g/mol. The Morgan fingerprint density at radius 1 is 1.26 bits per heavy atom. The number of thiophene rings is 1. The molecule has 0 atom stereocenters. The van der Waals surface area contributed by atoms with E-state index in [1.807, 2.05) is 38.5 Å². The lowest BCUT2D eigenvalue weighted by molar-refractivity contribution is 0.367. The topological polar surface area (TPSA) is 64.8 Å². The van der Waals surface area contributed by atoms with Gasteiger partial charge in [0.1, 0.15) is 0 Å². The first kappa shape index (κ1) is 14.5. The molecule has 0 radical (unpaired) electrons. The number of hydrogen-bond acceptors (Lipinski definition) is 5. The van der Waals surface area contributed by atoms with E-state index in [2.05, 4.69) is 10.2 Å². The van der Waals surface area contributed by atoms with Crippen molar-refractivity contribution in [2.75, 3.05) is 0 Å². The summed E-state index contributed by atoms with van der Waals surface area (Å²) in [6, 6.07) is 0. The molecule has 0 aromatic carbocycles. The van der Waals surface area contributed by atoms with Crippen LogP contribution in [0, 0.1) is 6.92 Å². The number of aryl methyl sites for hydroxylation is 1. The second kappa shape index (κ2) is 4.57. The van der Waals surface area contributed by atoms with Crippen molar-refractivity contribution >= 4 is 31.1 Å². The molecule has 0 aliphatic carbocycles. The molecule has 0 aliphatic heterocycles. The maximum Gasteiger partial charge on any atom is 0.296 e. The van der Waals surface area contributed by atoms with Crippen LogP contribution in [0.5, 0.6) is 0 Å². The highest BCUT2D eigenvalue weighted by molar-refractivity contribution is 8.13. The van der Waals surface area contributed by atoms with Crippen LogP contribution in [0.4, 0.5) is 0 Å². The minimum absolute atomic E-state index is 0.220. The molecule has 0 bridgehead atoms. The smallest absolute Gasteiger partial charge is 0.291 e. The summed E-state index contributed by atoms with van der Waals surface area (Å²) in [4.78, 5) is 0. The van der Waals surface area contributed by atoms with Crippen molar-refractivity contribution < 1.29 is 8.42 Å². The number of nitrogens with zero attached hydrogens (tertiary/aromatic N) is 3. The van der Waals surface area contributed by atoms with E-state index in [1.165, 1.54) is 11.3 Å². The summed E-state index contributed by atoms with van der Waals surface area (Å²) >= 11 is 1.53. The normalized spacial score (nSPS) is 12.9. The predicted octanol–water partition coefficient (Wildman–Crippen LogP) is 3.00. The van der Waals surface area contributed by atoms with Gasteiger partial charge in [-0.15, -0.1) is 10.2 Å². The summed E-state index contributed by atoms with van der Waals surface area (Å²) < 4.78 is 24.8. The second-order valence-corrected chi connectivity index (χ2v) is 8.42. The van der Waals surface area contributed by atoms with Gasteiger partial charge in [-0.25, -0.2) is 8.42 Å². The molecule has 0 amide bonds. The number of halogens is 1. The van der Waals surface area contributed by atoms with Gasteiger partial charge in [0.25, 0.3) is 14.2 Å². The molecule has 0 N–H and O–H groups in total. The molecule has 2 aromatic rings. The molecule has 2 heterocycles. The Kier molecular flexibility index (Phi) is 3.49. The molecular formula is C11H14ClN3O2S2. The highest BCUT2D eigenvalue weighted by atomic mass is 35.7.